The highest BCUT2D eigenvalue weighted by Gasteiger charge is 2.30. The lowest BCUT2D eigenvalue weighted by Gasteiger charge is -2.10. The summed E-state index contributed by atoms with van der Waals surface area (Å²) in [5.74, 6) is 1.44. The van der Waals surface area contributed by atoms with Gasteiger partial charge in [0, 0.05) is 19.7 Å². The molecule has 0 unspecified atom stereocenters. The maximum absolute atomic E-state index is 5.79. The number of nitrogens with two attached hydrogens (primary N) is 1. The first-order valence-electron chi connectivity index (χ1n) is 4.12. The van der Waals surface area contributed by atoms with Crippen LogP contribution in [0, 0.1) is 0 Å². The van der Waals surface area contributed by atoms with Gasteiger partial charge in [0.1, 0.15) is 10.8 Å². The number of nitrogens with zero attached hydrogens (tertiary/aromatic N) is 2. The fourth-order valence-electron chi connectivity index (χ4n) is 1.38. The van der Waals surface area contributed by atoms with E-state index in [-0.39, 0.29) is 0 Å². The fraction of sp³-hybridized carbons (Fsp3) is 0.625. The van der Waals surface area contributed by atoms with Gasteiger partial charge < -0.3 is 10.6 Å². The quantitative estimate of drug-likeness (QED) is 0.758. The van der Waals surface area contributed by atoms with E-state index in [1.165, 1.54) is 34.9 Å². The van der Waals surface area contributed by atoms with Crippen LogP contribution in [0.5, 0.6) is 0 Å². The zero-order chi connectivity index (χ0) is 8.72. The van der Waals surface area contributed by atoms with Crippen LogP contribution < -0.4 is 10.6 Å². The maximum atomic E-state index is 5.79. The van der Waals surface area contributed by atoms with Gasteiger partial charge in [-0.3, -0.25) is 0 Å². The Hall–Kier alpha value is -0.770. The number of nitrogen functional groups attached to an aromatic ring is 1. The number of hydrogen-bond donors (Lipinski definition) is 1. The first-order chi connectivity index (χ1) is 5.70. The van der Waals surface area contributed by atoms with E-state index in [2.05, 4.69) is 9.27 Å². The lowest BCUT2D eigenvalue weighted by Crippen LogP contribution is -2.08. The highest BCUT2D eigenvalue weighted by molar-refractivity contribution is 7.10. The molecule has 12 heavy (non-hydrogen) atoms. The molecule has 0 saturated heterocycles. The summed E-state index contributed by atoms with van der Waals surface area (Å²) in [5, 5.41) is 1.23. The summed E-state index contributed by atoms with van der Waals surface area (Å²) >= 11 is 1.50. The molecule has 1 aromatic heterocycles. The second-order valence-electron chi connectivity index (χ2n) is 3.46. The fourth-order valence-corrected chi connectivity index (χ4v) is 2.19. The second-order valence-corrected chi connectivity index (χ2v) is 4.21. The van der Waals surface area contributed by atoms with Crippen LogP contribution >= 0.6 is 11.5 Å². The molecule has 66 valence electrons. The van der Waals surface area contributed by atoms with Crippen LogP contribution in [0.25, 0.3) is 0 Å². The first kappa shape index (κ1) is 7.86. The van der Waals surface area contributed by atoms with Gasteiger partial charge in [-0.2, -0.15) is 4.37 Å². The van der Waals surface area contributed by atoms with Crippen molar-refractivity contribution >= 4 is 22.4 Å². The third kappa shape index (κ3) is 1.16. The van der Waals surface area contributed by atoms with Crippen molar-refractivity contribution in [2.24, 2.45) is 0 Å². The van der Waals surface area contributed by atoms with Gasteiger partial charge in [-0.1, -0.05) is 0 Å². The molecule has 0 bridgehead atoms. The van der Waals surface area contributed by atoms with Gasteiger partial charge in [-0.05, 0) is 30.3 Å². The van der Waals surface area contributed by atoms with Crippen molar-refractivity contribution in [3.05, 3.63) is 5.56 Å². The smallest absolute Gasteiger partial charge is 0.142 e. The highest BCUT2D eigenvalue weighted by atomic mass is 32.1. The third-order valence-electron chi connectivity index (χ3n) is 2.13. The highest BCUT2D eigenvalue weighted by Crippen LogP contribution is 2.48. The van der Waals surface area contributed by atoms with E-state index in [9.17, 15) is 0 Å². The van der Waals surface area contributed by atoms with Gasteiger partial charge in [0.05, 0.1) is 0 Å². The third-order valence-corrected chi connectivity index (χ3v) is 3.17. The van der Waals surface area contributed by atoms with Crippen molar-refractivity contribution in [3.8, 4) is 0 Å². The molecule has 1 aliphatic carbocycles. The lowest BCUT2D eigenvalue weighted by molar-refractivity contribution is 1.08. The topological polar surface area (TPSA) is 42.2 Å². The SMILES string of the molecule is CN(C)c1snc(N)c1C1CC1. The van der Waals surface area contributed by atoms with E-state index in [1.807, 2.05) is 14.1 Å². The molecular weight excluding hydrogens is 170 g/mol. The van der Waals surface area contributed by atoms with E-state index in [4.69, 9.17) is 5.73 Å². The van der Waals surface area contributed by atoms with Crippen LogP contribution in [0.2, 0.25) is 0 Å². The summed E-state index contributed by atoms with van der Waals surface area (Å²) in [6.45, 7) is 0. The Kier molecular flexibility index (Phi) is 1.72. The van der Waals surface area contributed by atoms with Crippen molar-refractivity contribution in [3.63, 3.8) is 0 Å². The predicted octanol–water partition coefficient (Wildman–Crippen LogP) is 1.67. The van der Waals surface area contributed by atoms with Crippen LogP contribution in [0.1, 0.15) is 24.3 Å². The number of anilines is 2. The van der Waals surface area contributed by atoms with Crippen LogP contribution in [0.3, 0.4) is 0 Å². The summed E-state index contributed by atoms with van der Waals surface area (Å²) in [4.78, 5) is 2.10. The molecule has 1 saturated carbocycles. The summed E-state index contributed by atoms with van der Waals surface area (Å²) in [6, 6.07) is 0. The van der Waals surface area contributed by atoms with E-state index in [1.54, 1.807) is 0 Å². The van der Waals surface area contributed by atoms with Crippen LogP contribution in [0.15, 0.2) is 0 Å². The zero-order valence-electron chi connectivity index (χ0n) is 7.37. The number of hydrogen-bond acceptors (Lipinski definition) is 4. The second kappa shape index (κ2) is 2.62. The van der Waals surface area contributed by atoms with Crippen LogP contribution in [-0.2, 0) is 0 Å². The number of aromatic nitrogens is 1. The van der Waals surface area contributed by atoms with Crippen molar-refractivity contribution < 1.29 is 0 Å². The van der Waals surface area contributed by atoms with E-state index in [0.29, 0.717) is 5.92 Å². The predicted molar refractivity (Wildman–Crippen MR) is 52.8 cm³/mol. The molecule has 3 nitrogen and oxygen atoms in total. The minimum Gasteiger partial charge on any atom is -0.383 e. The summed E-state index contributed by atoms with van der Waals surface area (Å²) in [5.41, 5.74) is 7.08. The monoisotopic (exact) mass is 183 g/mol. The molecule has 0 aromatic carbocycles. The van der Waals surface area contributed by atoms with Gasteiger partial charge in [-0.15, -0.1) is 0 Å². The van der Waals surface area contributed by atoms with Crippen molar-refractivity contribution in [2.45, 2.75) is 18.8 Å². The molecule has 0 atom stereocenters. The van der Waals surface area contributed by atoms with Gasteiger partial charge in [0.25, 0.3) is 0 Å². The van der Waals surface area contributed by atoms with Gasteiger partial charge >= 0.3 is 0 Å². The molecule has 2 rings (SSSR count). The Labute approximate surface area is 76.4 Å². The Balaban J connectivity index is 2.39. The molecule has 1 aromatic rings. The molecule has 1 aliphatic rings. The van der Waals surface area contributed by atoms with E-state index >= 15 is 0 Å². The van der Waals surface area contributed by atoms with Gasteiger partial charge in [0.15, 0.2) is 0 Å². The lowest BCUT2D eigenvalue weighted by atomic mass is 10.2. The standard InChI is InChI=1S/C8H13N3S/c1-11(2)8-6(5-3-4-5)7(9)10-12-8/h5H,3-4H2,1-2H3,(H2,9,10). The summed E-state index contributed by atoms with van der Waals surface area (Å²) in [6.07, 6.45) is 2.56. The van der Waals surface area contributed by atoms with Crippen LogP contribution in [-0.4, -0.2) is 18.5 Å². The van der Waals surface area contributed by atoms with Crippen molar-refractivity contribution in [1.82, 2.24) is 4.37 Å². The molecule has 0 amide bonds. The molecule has 0 radical (unpaired) electrons. The molecule has 1 heterocycles. The average molecular weight is 183 g/mol. The normalized spacial score (nSPS) is 16.5. The van der Waals surface area contributed by atoms with E-state index < -0.39 is 0 Å². The summed E-state index contributed by atoms with van der Waals surface area (Å²) in [7, 11) is 4.08. The maximum Gasteiger partial charge on any atom is 0.142 e. The van der Waals surface area contributed by atoms with Crippen molar-refractivity contribution in [1.29, 1.82) is 0 Å². The average Bonchev–Trinajstić information content (AvgIpc) is 2.75. The molecule has 1 fully saturated rings. The van der Waals surface area contributed by atoms with E-state index in [0.717, 1.165) is 5.82 Å². The van der Waals surface area contributed by atoms with Gasteiger partial charge in [0.2, 0.25) is 0 Å². The molecule has 0 spiro atoms. The largest absolute Gasteiger partial charge is 0.383 e. The zero-order valence-corrected chi connectivity index (χ0v) is 8.19. The van der Waals surface area contributed by atoms with Crippen LogP contribution in [0.4, 0.5) is 10.8 Å². The first-order valence-corrected chi connectivity index (χ1v) is 4.90. The Morgan fingerprint density at radius 1 is 1.50 bits per heavy atom. The molecule has 4 heteroatoms. The molecule has 0 aliphatic heterocycles. The summed E-state index contributed by atoms with van der Waals surface area (Å²) < 4.78 is 4.18. The molecular formula is C8H13N3S. The minimum atomic E-state index is 0.696. The molecule has 2 N–H and O–H groups in total. The Bertz CT molecular complexity index is 288. The number of rotatable bonds is 2. The Morgan fingerprint density at radius 2 is 2.17 bits per heavy atom. The Morgan fingerprint density at radius 3 is 2.67 bits per heavy atom. The minimum absolute atomic E-state index is 0.696. The van der Waals surface area contributed by atoms with Gasteiger partial charge in [-0.25, -0.2) is 0 Å². The van der Waals surface area contributed by atoms with Crippen molar-refractivity contribution in [2.75, 3.05) is 24.7 Å².